The molecule has 0 bridgehead atoms. The SMILES string of the molecule is Cc1noc(-c2cccnc2N2CC[C@]3(CCOC3)C2)n1. The summed E-state index contributed by atoms with van der Waals surface area (Å²) >= 11 is 0. The van der Waals surface area contributed by atoms with Crippen molar-refractivity contribution < 1.29 is 9.26 Å². The van der Waals surface area contributed by atoms with Crippen LogP contribution in [0.5, 0.6) is 0 Å². The number of aryl methyl sites for hydroxylation is 1. The molecule has 6 nitrogen and oxygen atoms in total. The quantitative estimate of drug-likeness (QED) is 0.842. The van der Waals surface area contributed by atoms with Crippen molar-refractivity contribution in [3.63, 3.8) is 0 Å². The second-order valence-electron chi connectivity index (χ2n) is 6.00. The van der Waals surface area contributed by atoms with E-state index in [-0.39, 0.29) is 0 Å². The number of rotatable bonds is 2. The molecule has 0 amide bonds. The molecule has 21 heavy (non-hydrogen) atoms. The van der Waals surface area contributed by atoms with Crippen molar-refractivity contribution in [1.29, 1.82) is 0 Å². The zero-order chi connectivity index (χ0) is 14.3. The van der Waals surface area contributed by atoms with E-state index in [0.29, 0.717) is 17.1 Å². The molecule has 2 saturated heterocycles. The van der Waals surface area contributed by atoms with Gasteiger partial charge in [0.15, 0.2) is 5.82 Å². The van der Waals surface area contributed by atoms with Crippen molar-refractivity contribution in [2.45, 2.75) is 19.8 Å². The molecule has 6 heteroatoms. The van der Waals surface area contributed by atoms with Crippen LogP contribution in [0.2, 0.25) is 0 Å². The molecule has 0 radical (unpaired) electrons. The molecule has 0 unspecified atom stereocenters. The maximum Gasteiger partial charge on any atom is 0.261 e. The van der Waals surface area contributed by atoms with E-state index in [2.05, 4.69) is 20.0 Å². The molecule has 2 aliphatic rings. The van der Waals surface area contributed by atoms with E-state index >= 15 is 0 Å². The number of hydrogen-bond acceptors (Lipinski definition) is 6. The largest absolute Gasteiger partial charge is 0.381 e. The molecular weight excluding hydrogens is 268 g/mol. The van der Waals surface area contributed by atoms with E-state index in [0.717, 1.165) is 50.5 Å². The Hall–Kier alpha value is -1.95. The Labute approximate surface area is 123 Å². The number of pyridine rings is 1. The summed E-state index contributed by atoms with van der Waals surface area (Å²) in [5, 5.41) is 3.88. The Bertz CT molecular complexity index is 649. The highest BCUT2D eigenvalue weighted by atomic mass is 16.5. The molecular formula is C15H18N4O2. The van der Waals surface area contributed by atoms with Crippen molar-refractivity contribution >= 4 is 5.82 Å². The summed E-state index contributed by atoms with van der Waals surface area (Å²) in [7, 11) is 0. The summed E-state index contributed by atoms with van der Waals surface area (Å²) in [6, 6.07) is 3.90. The van der Waals surface area contributed by atoms with E-state index < -0.39 is 0 Å². The molecule has 2 aliphatic heterocycles. The maximum absolute atomic E-state index is 5.60. The minimum Gasteiger partial charge on any atom is -0.381 e. The molecule has 1 spiro atoms. The van der Waals surface area contributed by atoms with Crippen LogP contribution in [0.25, 0.3) is 11.5 Å². The van der Waals surface area contributed by atoms with Crippen LogP contribution in [0.3, 0.4) is 0 Å². The number of nitrogens with zero attached hydrogens (tertiary/aromatic N) is 4. The predicted molar refractivity (Wildman–Crippen MR) is 77.0 cm³/mol. The summed E-state index contributed by atoms with van der Waals surface area (Å²) in [5.74, 6) is 2.12. The Kier molecular flexibility index (Phi) is 2.92. The highest BCUT2D eigenvalue weighted by Gasteiger charge is 2.42. The van der Waals surface area contributed by atoms with Crippen LogP contribution in [0.1, 0.15) is 18.7 Å². The minimum absolute atomic E-state index is 0.305. The molecule has 4 rings (SSSR count). The average molecular weight is 286 g/mol. The second-order valence-corrected chi connectivity index (χ2v) is 6.00. The van der Waals surface area contributed by atoms with Gasteiger partial charge in [-0.1, -0.05) is 5.16 Å². The third-order valence-corrected chi connectivity index (χ3v) is 4.47. The third-order valence-electron chi connectivity index (χ3n) is 4.47. The summed E-state index contributed by atoms with van der Waals surface area (Å²) in [5.41, 5.74) is 1.22. The van der Waals surface area contributed by atoms with Crippen LogP contribution >= 0.6 is 0 Å². The van der Waals surface area contributed by atoms with Gasteiger partial charge in [0.1, 0.15) is 5.82 Å². The van der Waals surface area contributed by atoms with E-state index in [1.165, 1.54) is 0 Å². The lowest BCUT2D eigenvalue weighted by Crippen LogP contribution is -2.28. The standard InChI is InChI=1S/C15H18N4O2/c1-11-17-14(21-18-11)12-3-2-6-16-13(12)19-7-4-15(9-19)5-8-20-10-15/h2-3,6H,4-5,7-10H2,1H3/t15-/m0/s1. The highest BCUT2D eigenvalue weighted by Crippen LogP contribution is 2.41. The first-order valence-corrected chi connectivity index (χ1v) is 7.34. The molecule has 0 aromatic carbocycles. The molecule has 0 N–H and O–H groups in total. The summed E-state index contributed by atoms with van der Waals surface area (Å²) in [6.45, 7) is 5.56. The van der Waals surface area contributed by atoms with Gasteiger partial charge in [0, 0.05) is 31.3 Å². The van der Waals surface area contributed by atoms with Crippen LogP contribution in [0, 0.1) is 12.3 Å². The van der Waals surface area contributed by atoms with Gasteiger partial charge in [-0.2, -0.15) is 4.98 Å². The normalized spacial score (nSPS) is 25.1. The lowest BCUT2D eigenvalue weighted by atomic mass is 9.87. The van der Waals surface area contributed by atoms with E-state index in [4.69, 9.17) is 9.26 Å². The number of ether oxygens (including phenoxy) is 1. The van der Waals surface area contributed by atoms with Crippen LogP contribution in [-0.4, -0.2) is 41.4 Å². The van der Waals surface area contributed by atoms with Gasteiger partial charge in [0.25, 0.3) is 5.89 Å². The lowest BCUT2D eigenvalue weighted by Gasteiger charge is -2.23. The average Bonchev–Trinajstić information content (AvgIpc) is 3.22. The topological polar surface area (TPSA) is 64.3 Å². The molecule has 2 aromatic heterocycles. The van der Waals surface area contributed by atoms with E-state index in [1.807, 2.05) is 25.3 Å². The third kappa shape index (κ3) is 2.19. The first-order valence-electron chi connectivity index (χ1n) is 7.34. The van der Waals surface area contributed by atoms with Crippen molar-refractivity contribution in [1.82, 2.24) is 15.1 Å². The van der Waals surface area contributed by atoms with Gasteiger partial charge in [0.2, 0.25) is 0 Å². The Morgan fingerprint density at radius 1 is 1.33 bits per heavy atom. The van der Waals surface area contributed by atoms with Crippen LogP contribution in [0.4, 0.5) is 5.82 Å². The second kappa shape index (κ2) is 4.80. The summed E-state index contributed by atoms with van der Waals surface area (Å²) < 4.78 is 10.9. The maximum atomic E-state index is 5.60. The van der Waals surface area contributed by atoms with Crippen molar-refractivity contribution in [3.05, 3.63) is 24.2 Å². The first-order chi connectivity index (χ1) is 10.3. The Balaban J connectivity index is 1.67. The van der Waals surface area contributed by atoms with Crippen molar-refractivity contribution in [3.8, 4) is 11.5 Å². The van der Waals surface area contributed by atoms with Crippen LogP contribution < -0.4 is 4.90 Å². The zero-order valence-corrected chi connectivity index (χ0v) is 12.1. The molecule has 2 fully saturated rings. The molecule has 1 atom stereocenters. The van der Waals surface area contributed by atoms with Crippen molar-refractivity contribution in [2.24, 2.45) is 5.41 Å². The first kappa shape index (κ1) is 12.8. The Morgan fingerprint density at radius 2 is 2.29 bits per heavy atom. The van der Waals surface area contributed by atoms with Crippen LogP contribution in [0.15, 0.2) is 22.9 Å². The molecule has 0 saturated carbocycles. The van der Waals surface area contributed by atoms with Crippen molar-refractivity contribution in [2.75, 3.05) is 31.2 Å². The fourth-order valence-electron chi connectivity index (χ4n) is 3.31. The van der Waals surface area contributed by atoms with Gasteiger partial charge in [-0.3, -0.25) is 0 Å². The smallest absolute Gasteiger partial charge is 0.261 e. The number of hydrogen-bond donors (Lipinski definition) is 0. The van der Waals surface area contributed by atoms with Gasteiger partial charge in [-0.15, -0.1) is 0 Å². The minimum atomic E-state index is 0.305. The summed E-state index contributed by atoms with van der Waals surface area (Å²) in [6.07, 6.45) is 4.12. The van der Waals surface area contributed by atoms with Gasteiger partial charge >= 0.3 is 0 Å². The Morgan fingerprint density at radius 3 is 3.05 bits per heavy atom. The lowest BCUT2D eigenvalue weighted by molar-refractivity contribution is 0.160. The van der Waals surface area contributed by atoms with Gasteiger partial charge in [-0.25, -0.2) is 4.98 Å². The molecule has 110 valence electrons. The number of aromatic nitrogens is 3. The van der Waals surface area contributed by atoms with Gasteiger partial charge in [-0.05, 0) is 31.9 Å². The monoisotopic (exact) mass is 286 g/mol. The van der Waals surface area contributed by atoms with Crippen LogP contribution in [-0.2, 0) is 4.74 Å². The van der Waals surface area contributed by atoms with E-state index in [1.54, 1.807) is 0 Å². The predicted octanol–water partition coefficient (Wildman–Crippen LogP) is 2.06. The fraction of sp³-hybridized carbons (Fsp3) is 0.533. The van der Waals surface area contributed by atoms with E-state index in [9.17, 15) is 0 Å². The van der Waals surface area contributed by atoms with Gasteiger partial charge in [0.05, 0.1) is 12.2 Å². The highest BCUT2D eigenvalue weighted by molar-refractivity contribution is 5.70. The summed E-state index contributed by atoms with van der Waals surface area (Å²) in [4.78, 5) is 11.2. The molecule has 2 aromatic rings. The molecule has 4 heterocycles. The zero-order valence-electron chi connectivity index (χ0n) is 12.1. The fourth-order valence-corrected chi connectivity index (χ4v) is 3.31. The molecule has 0 aliphatic carbocycles. The number of anilines is 1. The van der Waals surface area contributed by atoms with Gasteiger partial charge < -0.3 is 14.2 Å².